The molecule has 0 unspecified atom stereocenters. The Labute approximate surface area is 123 Å². The van der Waals surface area contributed by atoms with E-state index < -0.39 is 17.2 Å². The minimum Gasteiger partial charge on any atom is -0.343 e. The van der Waals surface area contributed by atoms with Crippen molar-refractivity contribution < 1.29 is 8.78 Å². The van der Waals surface area contributed by atoms with Crippen molar-refractivity contribution in [3.8, 4) is 18.2 Å². The number of nitriles is 3. The lowest BCUT2D eigenvalue weighted by atomic mass is 10.2. The summed E-state index contributed by atoms with van der Waals surface area (Å²) in [5, 5.41) is 28.6. The summed E-state index contributed by atoms with van der Waals surface area (Å²) in [5.41, 5.74) is -0.832. The molecule has 0 bridgehead atoms. The van der Waals surface area contributed by atoms with Crippen LogP contribution in [0.2, 0.25) is 0 Å². The normalized spacial score (nSPS) is 8.89. The number of hydrogen-bond donors (Lipinski definition) is 1. The summed E-state index contributed by atoms with van der Waals surface area (Å²) < 4.78 is 26.3. The van der Waals surface area contributed by atoms with Gasteiger partial charge in [-0.3, -0.25) is 0 Å². The molecule has 0 aliphatic heterocycles. The van der Waals surface area contributed by atoms with Crippen LogP contribution < -0.4 is 5.32 Å². The van der Waals surface area contributed by atoms with Crippen molar-refractivity contribution in [3.05, 3.63) is 37.9 Å². The molecule has 4 nitrogen and oxygen atoms in total. The van der Waals surface area contributed by atoms with Gasteiger partial charge in [-0.15, -0.1) is 0 Å². The minimum absolute atomic E-state index is 0.00144. The first kappa shape index (κ1) is 15.1. The highest BCUT2D eigenvalue weighted by Crippen LogP contribution is 2.35. The van der Waals surface area contributed by atoms with Crippen LogP contribution in [-0.4, -0.2) is 0 Å². The third-order valence-corrected chi connectivity index (χ3v) is 3.32. The largest absolute Gasteiger partial charge is 0.343 e. The van der Waals surface area contributed by atoms with Crippen molar-refractivity contribution in [1.29, 1.82) is 15.8 Å². The van der Waals surface area contributed by atoms with Crippen molar-refractivity contribution in [2.24, 2.45) is 0 Å². The summed E-state index contributed by atoms with van der Waals surface area (Å²) in [6, 6.07) is 5.51. The first-order chi connectivity index (χ1) is 8.96. The average molecular weight is 388 g/mol. The van der Waals surface area contributed by atoms with Gasteiger partial charge in [-0.2, -0.15) is 15.8 Å². The van der Waals surface area contributed by atoms with E-state index in [1.54, 1.807) is 6.07 Å². The number of allylic oxidation sites excluding steroid dienone is 2. The zero-order chi connectivity index (χ0) is 14.6. The van der Waals surface area contributed by atoms with Crippen LogP contribution in [0.25, 0.3) is 0 Å². The summed E-state index contributed by atoms with van der Waals surface area (Å²) in [6.45, 7) is 0. The quantitative estimate of drug-likeness (QED) is 0.476. The SMILES string of the molecule is N#CC(C#N)=C(C#N)Nc1c(Br)cc(F)c(F)c1Br. The summed E-state index contributed by atoms with van der Waals surface area (Å²) >= 11 is 5.81. The van der Waals surface area contributed by atoms with E-state index in [0.29, 0.717) is 0 Å². The Morgan fingerprint density at radius 2 is 1.68 bits per heavy atom. The number of nitrogens with one attached hydrogen (secondary N) is 1. The van der Waals surface area contributed by atoms with Crippen LogP contribution in [-0.2, 0) is 0 Å². The summed E-state index contributed by atoms with van der Waals surface area (Å²) in [5.74, 6) is -2.24. The van der Waals surface area contributed by atoms with E-state index in [-0.39, 0.29) is 20.3 Å². The number of nitrogens with zero attached hydrogens (tertiary/aromatic N) is 3. The zero-order valence-electron chi connectivity index (χ0n) is 8.93. The summed E-state index contributed by atoms with van der Waals surface area (Å²) in [7, 11) is 0. The molecule has 8 heteroatoms. The van der Waals surface area contributed by atoms with Gasteiger partial charge in [0.25, 0.3) is 0 Å². The lowest BCUT2D eigenvalue weighted by molar-refractivity contribution is 0.504. The molecule has 1 N–H and O–H groups in total. The Morgan fingerprint density at radius 1 is 1.11 bits per heavy atom. The molecule has 0 saturated heterocycles. The third kappa shape index (κ3) is 3.08. The van der Waals surface area contributed by atoms with Crippen molar-refractivity contribution >= 4 is 37.5 Å². The Morgan fingerprint density at radius 3 is 2.16 bits per heavy atom. The predicted molar refractivity (Wildman–Crippen MR) is 69.2 cm³/mol. The molecule has 1 aromatic carbocycles. The molecule has 0 heterocycles. The summed E-state index contributed by atoms with van der Waals surface area (Å²) in [6.07, 6.45) is 0. The van der Waals surface area contributed by atoms with E-state index in [0.717, 1.165) is 6.07 Å². The fourth-order valence-corrected chi connectivity index (χ4v) is 2.36. The molecule has 0 aliphatic rings. The monoisotopic (exact) mass is 386 g/mol. The molecule has 94 valence electrons. The highest BCUT2D eigenvalue weighted by molar-refractivity contribution is 9.11. The van der Waals surface area contributed by atoms with Crippen LogP contribution in [0.1, 0.15) is 0 Å². The van der Waals surface area contributed by atoms with Crippen LogP contribution in [0.3, 0.4) is 0 Å². The highest BCUT2D eigenvalue weighted by Gasteiger charge is 2.17. The van der Waals surface area contributed by atoms with Gasteiger partial charge < -0.3 is 5.32 Å². The molecule has 19 heavy (non-hydrogen) atoms. The van der Waals surface area contributed by atoms with Crippen molar-refractivity contribution in [2.75, 3.05) is 5.32 Å². The van der Waals surface area contributed by atoms with E-state index in [9.17, 15) is 8.78 Å². The van der Waals surface area contributed by atoms with Gasteiger partial charge in [0.1, 0.15) is 23.9 Å². The smallest absolute Gasteiger partial charge is 0.175 e. The number of halogens is 4. The van der Waals surface area contributed by atoms with Crippen LogP contribution in [0.15, 0.2) is 26.3 Å². The Kier molecular flexibility index (Phi) is 5.00. The van der Waals surface area contributed by atoms with Crippen LogP contribution in [0.4, 0.5) is 14.5 Å². The lowest BCUT2D eigenvalue weighted by Crippen LogP contribution is -2.04. The second kappa shape index (κ2) is 6.29. The zero-order valence-corrected chi connectivity index (χ0v) is 12.1. The van der Waals surface area contributed by atoms with Gasteiger partial charge in [-0.1, -0.05) is 0 Å². The van der Waals surface area contributed by atoms with E-state index in [1.165, 1.54) is 12.1 Å². The molecule has 1 rings (SSSR count). The fourth-order valence-electron chi connectivity index (χ4n) is 1.09. The van der Waals surface area contributed by atoms with Gasteiger partial charge in [-0.25, -0.2) is 8.78 Å². The molecule has 0 saturated carbocycles. The molecular formula is C11H2Br2F2N4. The molecule has 0 spiro atoms. The van der Waals surface area contributed by atoms with Crippen molar-refractivity contribution in [2.45, 2.75) is 0 Å². The Bertz CT molecular complexity index is 677. The minimum atomic E-state index is -1.15. The second-order valence-electron chi connectivity index (χ2n) is 3.05. The molecule has 1 aromatic rings. The predicted octanol–water partition coefficient (Wildman–Crippen LogP) is 3.73. The van der Waals surface area contributed by atoms with Gasteiger partial charge in [-0.05, 0) is 37.9 Å². The molecule has 0 aliphatic carbocycles. The molecule has 0 radical (unpaired) electrons. The maximum Gasteiger partial charge on any atom is 0.175 e. The van der Waals surface area contributed by atoms with Gasteiger partial charge in [0.2, 0.25) is 0 Å². The number of rotatable bonds is 2. The standard InChI is InChI=1S/C11H2Br2F2N4/c12-6-1-7(14)10(15)9(13)11(6)19-8(4-18)5(2-16)3-17/h1,19H. The first-order valence-electron chi connectivity index (χ1n) is 4.50. The Hall–Kier alpha value is -1.95. The van der Waals surface area contributed by atoms with Gasteiger partial charge in [0.15, 0.2) is 17.2 Å². The number of benzene rings is 1. The third-order valence-electron chi connectivity index (χ3n) is 1.95. The van der Waals surface area contributed by atoms with Crippen molar-refractivity contribution in [3.63, 3.8) is 0 Å². The van der Waals surface area contributed by atoms with Gasteiger partial charge in [0, 0.05) is 4.47 Å². The molecule has 0 amide bonds. The topological polar surface area (TPSA) is 83.4 Å². The maximum atomic E-state index is 13.4. The average Bonchev–Trinajstić information content (AvgIpc) is 2.40. The Balaban J connectivity index is 3.41. The van der Waals surface area contributed by atoms with Gasteiger partial charge in [0.05, 0.1) is 10.2 Å². The van der Waals surface area contributed by atoms with Crippen LogP contribution >= 0.6 is 31.9 Å². The van der Waals surface area contributed by atoms with E-state index in [1.807, 2.05) is 0 Å². The maximum absolute atomic E-state index is 13.4. The van der Waals surface area contributed by atoms with Crippen molar-refractivity contribution in [1.82, 2.24) is 0 Å². The molecule has 0 atom stereocenters. The van der Waals surface area contributed by atoms with E-state index in [2.05, 4.69) is 37.2 Å². The number of hydrogen-bond acceptors (Lipinski definition) is 4. The number of anilines is 1. The van der Waals surface area contributed by atoms with Crippen LogP contribution in [0, 0.1) is 45.6 Å². The summed E-state index contributed by atoms with van der Waals surface area (Å²) in [4.78, 5) is 0. The highest BCUT2D eigenvalue weighted by atomic mass is 79.9. The van der Waals surface area contributed by atoms with Crippen LogP contribution in [0.5, 0.6) is 0 Å². The second-order valence-corrected chi connectivity index (χ2v) is 4.70. The molecule has 0 aromatic heterocycles. The lowest BCUT2D eigenvalue weighted by Gasteiger charge is -2.10. The first-order valence-corrected chi connectivity index (χ1v) is 6.09. The molecule has 0 fully saturated rings. The molecular weight excluding hydrogens is 386 g/mol. The van der Waals surface area contributed by atoms with E-state index >= 15 is 0 Å². The van der Waals surface area contributed by atoms with E-state index in [4.69, 9.17) is 15.8 Å². The van der Waals surface area contributed by atoms with Gasteiger partial charge >= 0.3 is 0 Å². The fraction of sp³-hybridized carbons (Fsp3) is 0.